The maximum atomic E-state index is 4.03. The van der Waals surface area contributed by atoms with Gasteiger partial charge in [0.15, 0.2) is 0 Å². The molecule has 0 heteroatoms. The van der Waals surface area contributed by atoms with E-state index >= 15 is 0 Å². The van der Waals surface area contributed by atoms with Crippen molar-refractivity contribution in [2.75, 3.05) is 0 Å². The van der Waals surface area contributed by atoms with Gasteiger partial charge in [-0.25, -0.2) is 0 Å². The molecule has 0 nitrogen and oxygen atoms in total. The van der Waals surface area contributed by atoms with Gasteiger partial charge in [0.05, 0.1) is 0 Å². The summed E-state index contributed by atoms with van der Waals surface area (Å²) < 4.78 is 0. The molecular formula is C16H26. The summed E-state index contributed by atoms with van der Waals surface area (Å²) in [5.74, 6) is 3.30. The maximum absolute atomic E-state index is 4.03. The monoisotopic (exact) mass is 218 g/mol. The highest BCUT2D eigenvalue weighted by Crippen LogP contribution is 2.60. The Morgan fingerprint density at radius 3 is 2.62 bits per heavy atom. The highest BCUT2D eigenvalue weighted by molar-refractivity contribution is 5.28. The van der Waals surface area contributed by atoms with Crippen LogP contribution in [-0.2, 0) is 0 Å². The van der Waals surface area contributed by atoms with Gasteiger partial charge in [0.25, 0.3) is 0 Å². The molecule has 0 aromatic heterocycles. The molecule has 3 unspecified atom stereocenters. The van der Waals surface area contributed by atoms with Crippen molar-refractivity contribution in [1.29, 1.82) is 0 Å². The summed E-state index contributed by atoms with van der Waals surface area (Å²) in [7, 11) is 0. The molecule has 0 saturated heterocycles. The second-order valence-electron chi connectivity index (χ2n) is 6.22. The molecule has 2 aliphatic carbocycles. The number of fused-ring (bicyclic) bond motifs is 1. The van der Waals surface area contributed by atoms with Gasteiger partial charge in [0, 0.05) is 0 Å². The molecule has 0 N–H and O–H groups in total. The first-order valence-electron chi connectivity index (χ1n) is 6.83. The maximum Gasteiger partial charge on any atom is -0.00175 e. The van der Waals surface area contributed by atoms with Crippen LogP contribution in [0.5, 0.6) is 0 Å². The molecule has 0 amide bonds. The van der Waals surface area contributed by atoms with Crippen LogP contribution in [0.1, 0.15) is 47.0 Å². The molecule has 0 heterocycles. The second-order valence-corrected chi connectivity index (χ2v) is 6.22. The van der Waals surface area contributed by atoms with E-state index in [0.717, 1.165) is 17.8 Å². The third-order valence-corrected chi connectivity index (χ3v) is 5.63. The van der Waals surface area contributed by atoms with Crippen LogP contribution < -0.4 is 0 Å². The Morgan fingerprint density at radius 1 is 1.38 bits per heavy atom. The van der Waals surface area contributed by atoms with Crippen molar-refractivity contribution in [1.82, 2.24) is 0 Å². The lowest BCUT2D eigenvalue weighted by molar-refractivity contribution is 0.0800. The van der Waals surface area contributed by atoms with Crippen molar-refractivity contribution in [2.24, 2.45) is 29.1 Å². The predicted molar refractivity (Wildman–Crippen MR) is 71.2 cm³/mol. The molecule has 0 aromatic rings. The van der Waals surface area contributed by atoms with E-state index in [0.29, 0.717) is 11.3 Å². The molecule has 0 aliphatic heterocycles. The number of rotatable bonds is 1. The molecule has 0 aromatic carbocycles. The van der Waals surface area contributed by atoms with Crippen molar-refractivity contribution < 1.29 is 0 Å². The lowest BCUT2D eigenvalue weighted by Crippen LogP contribution is -2.36. The van der Waals surface area contributed by atoms with Crippen LogP contribution in [0.3, 0.4) is 0 Å². The molecule has 0 bridgehead atoms. The quantitative estimate of drug-likeness (QED) is 0.553. The second kappa shape index (κ2) is 4.05. The fourth-order valence-electron chi connectivity index (χ4n) is 4.38. The van der Waals surface area contributed by atoms with E-state index in [2.05, 4.69) is 46.4 Å². The summed E-state index contributed by atoms with van der Waals surface area (Å²) in [5, 5.41) is 0. The Labute approximate surface area is 101 Å². The van der Waals surface area contributed by atoms with Crippen molar-refractivity contribution in [3.63, 3.8) is 0 Å². The summed E-state index contributed by atoms with van der Waals surface area (Å²) in [5.41, 5.74) is 2.14. The Kier molecular flexibility index (Phi) is 3.03. The largest absolute Gasteiger partial charge is 0.102 e. The van der Waals surface area contributed by atoms with E-state index in [4.69, 9.17) is 0 Å². The van der Waals surface area contributed by atoms with Gasteiger partial charge in [0.1, 0.15) is 0 Å². The van der Waals surface area contributed by atoms with Crippen LogP contribution in [0.25, 0.3) is 0 Å². The van der Waals surface area contributed by atoms with Gasteiger partial charge in [-0.3, -0.25) is 0 Å². The molecule has 2 fully saturated rings. The predicted octanol–water partition coefficient (Wildman–Crippen LogP) is 4.83. The lowest BCUT2D eigenvalue weighted by Gasteiger charge is -2.44. The van der Waals surface area contributed by atoms with Crippen LogP contribution in [-0.4, -0.2) is 0 Å². The molecule has 5 atom stereocenters. The SMILES string of the molecule is C=CC1C[C@H]2C(C)C(C)CC[C@]2(C)/C1=C/C. The van der Waals surface area contributed by atoms with Crippen molar-refractivity contribution in [2.45, 2.75) is 47.0 Å². The average molecular weight is 218 g/mol. The minimum Gasteiger partial charge on any atom is -0.102 e. The zero-order valence-electron chi connectivity index (χ0n) is 11.3. The van der Waals surface area contributed by atoms with E-state index in [1.807, 2.05) is 0 Å². The summed E-state index contributed by atoms with van der Waals surface area (Å²) in [6.45, 7) is 13.6. The van der Waals surface area contributed by atoms with Gasteiger partial charge in [-0.15, -0.1) is 6.58 Å². The first-order chi connectivity index (χ1) is 7.54. The van der Waals surface area contributed by atoms with Gasteiger partial charge >= 0.3 is 0 Å². The number of allylic oxidation sites excluding steroid dienone is 3. The molecule has 2 saturated carbocycles. The molecule has 2 rings (SSSR count). The molecule has 90 valence electrons. The van der Waals surface area contributed by atoms with Gasteiger partial charge < -0.3 is 0 Å². The Hall–Kier alpha value is -0.520. The number of hydrogen-bond donors (Lipinski definition) is 0. The van der Waals surface area contributed by atoms with E-state index in [1.54, 1.807) is 5.57 Å². The first-order valence-corrected chi connectivity index (χ1v) is 6.83. The third-order valence-electron chi connectivity index (χ3n) is 5.63. The highest BCUT2D eigenvalue weighted by Gasteiger charge is 2.51. The van der Waals surface area contributed by atoms with Gasteiger partial charge in [-0.2, -0.15) is 0 Å². The Balaban J connectivity index is 2.36. The molecule has 16 heavy (non-hydrogen) atoms. The van der Waals surface area contributed by atoms with Crippen molar-refractivity contribution in [3.05, 3.63) is 24.3 Å². The molecule has 0 radical (unpaired) electrons. The van der Waals surface area contributed by atoms with E-state index in [1.165, 1.54) is 19.3 Å². The Morgan fingerprint density at radius 2 is 2.06 bits per heavy atom. The standard InChI is InChI=1S/C16H26/c1-6-13-10-15-12(4)11(3)8-9-16(15,5)14(13)7-2/h6-7,11-13,15H,1,8-10H2,2-5H3/b14-7+/t11?,12?,13?,15-,16+/m0/s1. The fraction of sp³-hybridized carbons (Fsp3) is 0.750. The van der Waals surface area contributed by atoms with Crippen molar-refractivity contribution in [3.8, 4) is 0 Å². The third kappa shape index (κ3) is 1.49. The zero-order chi connectivity index (χ0) is 11.9. The molecule has 0 spiro atoms. The minimum atomic E-state index is 0.472. The average Bonchev–Trinajstić information content (AvgIpc) is 2.57. The normalized spacial score (nSPS) is 50.4. The highest BCUT2D eigenvalue weighted by atomic mass is 14.6. The van der Waals surface area contributed by atoms with Gasteiger partial charge in [0.2, 0.25) is 0 Å². The Bertz CT molecular complexity index is 312. The molecular weight excluding hydrogens is 192 g/mol. The van der Waals surface area contributed by atoms with Gasteiger partial charge in [-0.05, 0) is 55.3 Å². The van der Waals surface area contributed by atoms with Crippen LogP contribution >= 0.6 is 0 Å². The van der Waals surface area contributed by atoms with Crippen LogP contribution in [0.2, 0.25) is 0 Å². The van der Waals surface area contributed by atoms with Crippen LogP contribution in [0.15, 0.2) is 24.3 Å². The van der Waals surface area contributed by atoms with E-state index in [-0.39, 0.29) is 0 Å². The minimum absolute atomic E-state index is 0.472. The molecule has 2 aliphatic rings. The van der Waals surface area contributed by atoms with Crippen molar-refractivity contribution >= 4 is 0 Å². The summed E-state index contributed by atoms with van der Waals surface area (Å²) >= 11 is 0. The smallest absolute Gasteiger partial charge is 0.00175 e. The fourth-order valence-corrected chi connectivity index (χ4v) is 4.38. The topological polar surface area (TPSA) is 0 Å². The van der Waals surface area contributed by atoms with E-state index in [9.17, 15) is 0 Å². The zero-order valence-corrected chi connectivity index (χ0v) is 11.3. The summed E-state index contributed by atoms with van der Waals surface area (Å²) in [6, 6.07) is 0. The lowest BCUT2D eigenvalue weighted by atomic mass is 9.60. The number of hydrogen-bond acceptors (Lipinski definition) is 0. The summed E-state index contributed by atoms with van der Waals surface area (Å²) in [6.07, 6.45) is 8.67. The van der Waals surface area contributed by atoms with Gasteiger partial charge in [-0.1, -0.05) is 38.5 Å². The van der Waals surface area contributed by atoms with Crippen LogP contribution in [0, 0.1) is 29.1 Å². The first kappa shape index (κ1) is 12.0. The van der Waals surface area contributed by atoms with Crippen LogP contribution in [0.4, 0.5) is 0 Å². The van der Waals surface area contributed by atoms with E-state index < -0.39 is 0 Å². The summed E-state index contributed by atoms with van der Waals surface area (Å²) in [4.78, 5) is 0.